The maximum absolute atomic E-state index is 11.2. The number of carboxylic acids is 1. The molecule has 21 heavy (non-hydrogen) atoms. The minimum absolute atomic E-state index is 0.109. The molecule has 1 N–H and O–H groups in total. The topological polar surface area (TPSA) is 55.1 Å². The van der Waals surface area contributed by atoms with Gasteiger partial charge in [0.15, 0.2) is 0 Å². The van der Waals surface area contributed by atoms with E-state index in [1.165, 1.54) is 0 Å². The Labute approximate surface area is 130 Å². The van der Waals surface area contributed by atoms with Crippen LogP contribution in [-0.2, 0) is 11.3 Å². The first-order valence-corrected chi connectivity index (χ1v) is 7.30. The van der Waals surface area contributed by atoms with Crippen LogP contribution >= 0.6 is 15.9 Å². The summed E-state index contributed by atoms with van der Waals surface area (Å²) in [6, 6.07) is 13.4. The molecule has 106 valence electrons. The number of carboxylic acid groups (broad SMARTS) is 1. The highest BCUT2D eigenvalue weighted by atomic mass is 79.9. The van der Waals surface area contributed by atoms with E-state index in [1.54, 1.807) is 4.57 Å². The molecular weight excluding hydrogens is 332 g/mol. The molecule has 0 bridgehead atoms. The van der Waals surface area contributed by atoms with E-state index < -0.39 is 5.97 Å². The Balaban J connectivity index is 2.31. The minimum atomic E-state index is -0.882. The molecule has 1 aromatic heterocycles. The van der Waals surface area contributed by atoms with E-state index >= 15 is 0 Å². The lowest BCUT2D eigenvalue weighted by Gasteiger charge is -2.10. The fourth-order valence-corrected chi connectivity index (χ4v) is 2.79. The first-order valence-electron chi connectivity index (χ1n) is 6.50. The summed E-state index contributed by atoms with van der Waals surface area (Å²) in [6.45, 7) is 1.88. The highest BCUT2D eigenvalue weighted by Gasteiger charge is 2.16. The third-order valence-electron chi connectivity index (χ3n) is 3.46. The SMILES string of the molecule is Cc1c(Br)cccc1-c1nc2ccccc2n1CC(=O)O. The summed E-state index contributed by atoms with van der Waals surface area (Å²) in [6.07, 6.45) is 0. The van der Waals surface area contributed by atoms with Gasteiger partial charge in [-0.3, -0.25) is 4.79 Å². The lowest BCUT2D eigenvalue weighted by Crippen LogP contribution is -2.10. The van der Waals surface area contributed by atoms with Crippen molar-refractivity contribution in [3.63, 3.8) is 0 Å². The third kappa shape index (κ3) is 2.45. The standard InChI is InChI=1S/C16H13BrN2O2/c1-10-11(5-4-6-12(10)17)16-18-13-7-2-3-8-14(13)19(16)9-15(20)21/h2-8H,9H2,1H3,(H,20,21). The molecule has 4 nitrogen and oxygen atoms in total. The van der Waals surface area contributed by atoms with Crippen LogP contribution in [0.4, 0.5) is 0 Å². The van der Waals surface area contributed by atoms with Crippen LogP contribution in [0.15, 0.2) is 46.9 Å². The summed E-state index contributed by atoms with van der Waals surface area (Å²) in [7, 11) is 0. The van der Waals surface area contributed by atoms with Crippen LogP contribution in [-0.4, -0.2) is 20.6 Å². The fraction of sp³-hybridized carbons (Fsp3) is 0.125. The number of aliphatic carboxylic acids is 1. The number of fused-ring (bicyclic) bond motifs is 1. The van der Waals surface area contributed by atoms with Crippen molar-refractivity contribution >= 4 is 32.9 Å². The molecule has 1 heterocycles. The van der Waals surface area contributed by atoms with Crippen LogP contribution in [0, 0.1) is 6.92 Å². The van der Waals surface area contributed by atoms with Gasteiger partial charge in [-0.25, -0.2) is 4.98 Å². The molecule has 0 aliphatic carbocycles. The Morgan fingerprint density at radius 1 is 1.24 bits per heavy atom. The summed E-state index contributed by atoms with van der Waals surface area (Å²) in [5, 5.41) is 9.18. The smallest absolute Gasteiger partial charge is 0.323 e. The van der Waals surface area contributed by atoms with E-state index in [0.29, 0.717) is 5.82 Å². The predicted octanol–water partition coefficient (Wildman–Crippen LogP) is 3.86. The fourth-order valence-electron chi connectivity index (χ4n) is 2.43. The van der Waals surface area contributed by atoms with Crippen molar-refractivity contribution in [2.24, 2.45) is 0 Å². The Bertz CT molecular complexity index is 839. The number of rotatable bonds is 3. The average molecular weight is 345 g/mol. The second kappa shape index (κ2) is 5.33. The van der Waals surface area contributed by atoms with Gasteiger partial charge in [0.05, 0.1) is 11.0 Å². The quantitative estimate of drug-likeness (QED) is 0.784. The summed E-state index contributed by atoms with van der Waals surface area (Å²) < 4.78 is 2.72. The van der Waals surface area contributed by atoms with Gasteiger partial charge in [0, 0.05) is 10.0 Å². The second-order valence-corrected chi connectivity index (χ2v) is 5.67. The van der Waals surface area contributed by atoms with E-state index in [1.807, 2.05) is 49.4 Å². The third-order valence-corrected chi connectivity index (χ3v) is 4.32. The zero-order valence-corrected chi connectivity index (χ0v) is 13.0. The number of hydrogen-bond acceptors (Lipinski definition) is 2. The van der Waals surface area contributed by atoms with Crippen LogP contribution in [0.3, 0.4) is 0 Å². The van der Waals surface area contributed by atoms with Crippen molar-refractivity contribution in [2.75, 3.05) is 0 Å². The monoisotopic (exact) mass is 344 g/mol. The minimum Gasteiger partial charge on any atom is -0.480 e. The molecule has 0 fully saturated rings. The lowest BCUT2D eigenvalue weighted by atomic mass is 10.1. The van der Waals surface area contributed by atoms with Crippen molar-refractivity contribution in [2.45, 2.75) is 13.5 Å². The van der Waals surface area contributed by atoms with Crippen LogP contribution < -0.4 is 0 Å². The highest BCUT2D eigenvalue weighted by molar-refractivity contribution is 9.10. The van der Waals surface area contributed by atoms with Gasteiger partial charge >= 0.3 is 5.97 Å². The molecule has 0 radical (unpaired) electrons. The van der Waals surface area contributed by atoms with Gasteiger partial charge in [0.2, 0.25) is 0 Å². The van der Waals surface area contributed by atoms with Crippen molar-refractivity contribution < 1.29 is 9.90 Å². The molecular formula is C16H13BrN2O2. The molecule has 0 saturated heterocycles. The van der Waals surface area contributed by atoms with Gasteiger partial charge in [0.25, 0.3) is 0 Å². The summed E-state index contributed by atoms with van der Waals surface area (Å²) in [4.78, 5) is 15.8. The summed E-state index contributed by atoms with van der Waals surface area (Å²) in [5.41, 5.74) is 3.60. The molecule has 5 heteroatoms. The van der Waals surface area contributed by atoms with E-state index in [4.69, 9.17) is 0 Å². The van der Waals surface area contributed by atoms with Gasteiger partial charge in [-0.15, -0.1) is 0 Å². The molecule has 2 aromatic carbocycles. The van der Waals surface area contributed by atoms with E-state index in [2.05, 4.69) is 20.9 Å². The Kier molecular flexibility index (Phi) is 3.51. The van der Waals surface area contributed by atoms with E-state index in [-0.39, 0.29) is 6.54 Å². The molecule has 0 saturated carbocycles. The molecule has 0 amide bonds. The first-order chi connectivity index (χ1) is 10.1. The molecule has 3 rings (SSSR count). The van der Waals surface area contributed by atoms with Gasteiger partial charge in [-0.05, 0) is 30.7 Å². The number of halogens is 1. The number of aromatic nitrogens is 2. The molecule has 3 aromatic rings. The second-order valence-electron chi connectivity index (χ2n) is 4.82. The molecule has 0 atom stereocenters. The largest absolute Gasteiger partial charge is 0.480 e. The van der Waals surface area contributed by atoms with Gasteiger partial charge in [0.1, 0.15) is 12.4 Å². The Morgan fingerprint density at radius 2 is 2.00 bits per heavy atom. The number of benzene rings is 2. The summed E-state index contributed by atoms with van der Waals surface area (Å²) >= 11 is 3.51. The van der Waals surface area contributed by atoms with Crippen LogP contribution in [0.25, 0.3) is 22.4 Å². The van der Waals surface area contributed by atoms with Gasteiger partial charge in [-0.2, -0.15) is 0 Å². The molecule has 0 spiro atoms. The van der Waals surface area contributed by atoms with Crippen molar-refractivity contribution in [3.8, 4) is 11.4 Å². The number of nitrogens with zero attached hydrogens (tertiary/aromatic N) is 2. The van der Waals surface area contributed by atoms with Crippen LogP contribution in [0.5, 0.6) is 0 Å². The average Bonchev–Trinajstić information content (AvgIpc) is 2.80. The van der Waals surface area contributed by atoms with Crippen LogP contribution in [0.2, 0.25) is 0 Å². The molecule has 0 aliphatic rings. The number of para-hydroxylation sites is 2. The Morgan fingerprint density at radius 3 is 2.76 bits per heavy atom. The number of carbonyl (C=O) groups is 1. The number of hydrogen-bond donors (Lipinski definition) is 1. The zero-order chi connectivity index (χ0) is 15.0. The van der Waals surface area contributed by atoms with Crippen LogP contribution in [0.1, 0.15) is 5.56 Å². The number of imidazole rings is 1. The predicted molar refractivity (Wildman–Crippen MR) is 85.2 cm³/mol. The summed E-state index contributed by atoms with van der Waals surface area (Å²) in [5.74, 6) is -0.204. The van der Waals surface area contributed by atoms with Crippen molar-refractivity contribution in [1.82, 2.24) is 9.55 Å². The van der Waals surface area contributed by atoms with E-state index in [0.717, 1.165) is 26.6 Å². The highest BCUT2D eigenvalue weighted by Crippen LogP contribution is 2.30. The molecule has 0 aliphatic heterocycles. The molecule has 0 unspecified atom stereocenters. The van der Waals surface area contributed by atoms with Gasteiger partial charge < -0.3 is 9.67 Å². The maximum Gasteiger partial charge on any atom is 0.323 e. The zero-order valence-electron chi connectivity index (χ0n) is 11.4. The maximum atomic E-state index is 11.2. The normalized spacial score (nSPS) is 11.0. The lowest BCUT2D eigenvalue weighted by molar-refractivity contribution is -0.137. The van der Waals surface area contributed by atoms with Gasteiger partial charge in [-0.1, -0.05) is 40.2 Å². The Hall–Kier alpha value is -2.14. The van der Waals surface area contributed by atoms with E-state index in [9.17, 15) is 9.90 Å². The van der Waals surface area contributed by atoms with Crippen molar-refractivity contribution in [1.29, 1.82) is 0 Å². The van der Waals surface area contributed by atoms with Crippen molar-refractivity contribution in [3.05, 3.63) is 52.5 Å². The first kappa shape index (κ1) is 13.8.